The Hall–Kier alpha value is -3.41. The number of carbonyl (C=O) groups is 2. The van der Waals surface area contributed by atoms with Gasteiger partial charge in [0.1, 0.15) is 5.76 Å². The summed E-state index contributed by atoms with van der Waals surface area (Å²) in [5, 5.41) is 5.55. The second kappa shape index (κ2) is 8.80. The van der Waals surface area contributed by atoms with E-state index in [1.165, 1.54) is 0 Å². The van der Waals surface area contributed by atoms with Gasteiger partial charge in [0.2, 0.25) is 11.8 Å². The van der Waals surface area contributed by atoms with Crippen molar-refractivity contribution in [1.29, 1.82) is 0 Å². The van der Waals surface area contributed by atoms with Crippen LogP contribution >= 0.6 is 0 Å². The molecule has 27 heavy (non-hydrogen) atoms. The Morgan fingerprint density at radius 3 is 2.26 bits per heavy atom. The van der Waals surface area contributed by atoms with Crippen molar-refractivity contribution < 1.29 is 14.0 Å². The summed E-state index contributed by atoms with van der Waals surface area (Å²) in [6.45, 7) is 2.49. The van der Waals surface area contributed by atoms with Gasteiger partial charge < -0.3 is 15.1 Å². The summed E-state index contributed by atoms with van der Waals surface area (Å²) >= 11 is 0. The summed E-state index contributed by atoms with van der Waals surface area (Å²) in [5.74, 6) is 0.803. The van der Waals surface area contributed by atoms with Crippen LogP contribution in [0.4, 0.5) is 0 Å². The van der Waals surface area contributed by atoms with Gasteiger partial charge in [-0.3, -0.25) is 9.59 Å². The molecule has 1 heterocycles. The van der Waals surface area contributed by atoms with E-state index in [2.05, 4.69) is 15.6 Å². The summed E-state index contributed by atoms with van der Waals surface area (Å²) in [4.78, 5) is 28.5. The van der Waals surface area contributed by atoms with E-state index in [4.69, 9.17) is 4.42 Å². The normalized spacial score (nSPS) is 10.4. The molecule has 138 valence electrons. The maximum absolute atomic E-state index is 12.1. The highest BCUT2D eigenvalue weighted by atomic mass is 16.4. The minimum Gasteiger partial charge on any atom is -0.441 e. The number of oxazole rings is 1. The predicted octanol–water partition coefficient (Wildman–Crippen LogP) is 2.74. The lowest BCUT2D eigenvalue weighted by Crippen LogP contribution is -2.35. The Morgan fingerprint density at radius 1 is 0.926 bits per heavy atom. The number of benzene rings is 2. The molecule has 0 aliphatic heterocycles. The maximum Gasteiger partial charge on any atom is 0.251 e. The molecule has 0 fully saturated rings. The minimum atomic E-state index is -0.167. The number of aryl methyl sites for hydroxylation is 1. The van der Waals surface area contributed by atoms with Gasteiger partial charge in [0, 0.05) is 24.2 Å². The third-order valence-corrected chi connectivity index (χ3v) is 4.01. The SMILES string of the molecule is Cc1oc(-c2ccccc2)nc1CC(=O)NCCNC(=O)c1ccccc1. The molecule has 2 N–H and O–H groups in total. The molecule has 2 amide bonds. The van der Waals surface area contributed by atoms with Crippen LogP contribution in [0, 0.1) is 6.92 Å². The zero-order chi connectivity index (χ0) is 19.1. The van der Waals surface area contributed by atoms with E-state index in [1.807, 2.05) is 36.4 Å². The molecule has 0 bridgehead atoms. The fourth-order valence-electron chi connectivity index (χ4n) is 2.58. The highest BCUT2D eigenvalue weighted by Crippen LogP contribution is 2.21. The number of nitrogens with zero attached hydrogens (tertiary/aromatic N) is 1. The fourth-order valence-corrected chi connectivity index (χ4v) is 2.58. The molecule has 6 heteroatoms. The largest absolute Gasteiger partial charge is 0.441 e. The molecule has 0 spiro atoms. The van der Waals surface area contributed by atoms with Crippen LogP contribution in [-0.4, -0.2) is 29.9 Å². The number of amides is 2. The van der Waals surface area contributed by atoms with Gasteiger partial charge >= 0.3 is 0 Å². The Labute approximate surface area is 157 Å². The highest BCUT2D eigenvalue weighted by Gasteiger charge is 2.14. The van der Waals surface area contributed by atoms with E-state index in [0.29, 0.717) is 36.0 Å². The number of hydrogen-bond acceptors (Lipinski definition) is 4. The molecule has 0 saturated heterocycles. The topological polar surface area (TPSA) is 84.2 Å². The lowest BCUT2D eigenvalue weighted by Gasteiger charge is -2.06. The lowest BCUT2D eigenvalue weighted by atomic mass is 10.2. The molecule has 3 rings (SSSR count). The Bertz CT molecular complexity index is 905. The molecule has 0 saturated carbocycles. The molecular formula is C21H21N3O3. The Morgan fingerprint density at radius 2 is 1.56 bits per heavy atom. The van der Waals surface area contributed by atoms with Gasteiger partial charge in [-0.05, 0) is 31.2 Å². The average Bonchev–Trinajstić information content (AvgIpc) is 3.07. The molecule has 0 atom stereocenters. The Balaban J connectivity index is 1.46. The minimum absolute atomic E-state index is 0.134. The van der Waals surface area contributed by atoms with Gasteiger partial charge in [-0.25, -0.2) is 4.98 Å². The van der Waals surface area contributed by atoms with E-state index in [1.54, 1.807) is 31.2 Å². The van der Waals surface area contributed by atoms with E-state index in [9.17, 15) is 9.59 Å². The van der Waals surface area contributed by atoms with Gasteiger partial charge in [0.15, 0.2) is 0 Å². The molecule has 0 unspecified atom stereocenters. The molecule has 3 aromatic rings. The first-order chi connectivity index (χ1) is 13.1. The molecule has 2 aromatic carbocycles. The first-order valence-corrected chi connectivity index (χ1v) is 8.75. The molecule has 0 radical (unpaired) electrons. The van der Waals surface area contributed by atoms with Crippen molar-refractivity contribution in [2.45, 2.75) is 13.3 Å². The van der Waals surface area contributed by atoms with Crippen LogP contribution in [0.3, 0.4) is 0 Å². The van der Waals surface area contributed by atoms with Crippen LogP contribution in [0.2, 0.25) is 0 Å². The number of nitrogens with one attached hydrogen (secondary N) is 2. The molecule has 6 nitrogen and oxygen atoms in total. The monoisotopic (exact) mass is 363 g/mol. The summed E-state index contributed by atoms with van der Waals surface area (Å²) in [6, 6.07) is 18.5. The van der Waals surface area contributed by atoms with Crippen LogP contribution in [0.5, 0.6) is 0 Å². The maximum atomic E-state index is 12.1. The van der Waals surface area contributed by atoms with Crippen molar-refractivity contribution in [3.05, 3.63) is 77.7 Å². The molecule has 1 aromatic heterocycles. The second-order valence-corrected chi connectivity index (χ2v) is 6.04. The first-order valence-electron chi connectivity index (χ1n) is 8.75. The van der Waals surface area contributed by atoms with E-state index >= 15 is 0 Å². The highest BCUT2D eigenvalue weighted by molar-refractivity contribution is 5.94. The van der Waals surface area contributed by atoms with Crippen molar-refractivity contribution >= 4 is 11.8 Å². The van der Waals surface area contributed by atoms with E-state index < -0.39 is 0 Å². The van der Waals surface area contributed by atoms with Crippen molar-refractivity contribution in [2.75, 3.05) is 13.1 Å². The van der Waals surface area contributed by atoms with E-state index in [-0.39, 0.29) is 18.2 Å². The Kier molecular flexibility index (Phi) is 5.99. The van der Waals surface area contributed by atoms with Gasteiger partial charge in [0.25, 0.3) is 5.91 Å². The fraction of sp³-hybridized carbons (Fsp3) is 0.190. The van der Waals surface area contributed by atoms with E-state index in [0.717, 1.165) is 5.56 Å². The number of rotatable bonds is 7. The lowest BCUT2D eigenvalue weighted by molar-refractivity contribution is -0.120. The zero-order valence-corrected chi connectivity index (χ0v) is 15.1. The summed E-state index contributed by atoms with van der Waals surface area (Å²) < 4.78 is 5.66. The smallest absolute Gasteiger partial charge is 0.251 e. The summed E-state index contributed by atoms with van der Waals surface area (Å²) in [5.41, 5.74) is 2.08. The van der Waals surface area contributed by atoms with Gasteiger partial charge in [-0.2, -0.15) is 0 Å². The number of hydrogen-bond donors (Lipinski definition) is 2. The molecule has 0 aliphatic rings. The molecular weight excluding hydrogens is 342 g/mol. The van der Waals surface area contributed by atoms with Crippen LogP contribution in [0.1, 0.15) is 21.8 Å². The van der Waals surface area contributed by atoms with Crippen molar-refractivity contribution in [3.63, 3.8) is 0 Å². The number of carbonyl (C=O) groups excluding carboxylic acids is 2. The van der Waals surface area contributed by atoms with Crippen LogP contribution in [-0.2, 0) is 11.2 Å². The summed E-state index contributed by atoms with van der Waals surface area (Å²) in [7, 11) is 0. The third kappa shape index (κ3) is 5.04. The van der Waals surface area contributed by atoms with Gasteiger partial charge in [0.05, 0.1) is 12.1 Å². The average molecular weight is 363 g/mol. The van der Waals surface area contributed by atoms with Crippen molar-refractivity contribution in [2.24, 2.45) is 0 Å². The first kappa shape index (κ1) is 18.4. The number of aromatic nitrogens is 1. The van der Waals surface area contributed by atoms with Crippen LogP contribution in [0.15, 0.2) is 65.1 Å². The predicted molar refractivity (Wildman–Crippen MR) is 102 cm³/mol. The standard InChI is InChI=1S/C21H21N3O3/c1-15-18(24-21(27-15)17-10-6-3-7-11-17)14-19(25)22-12-13-23-20(26)16-8-4-2-5-9-16/h2-11H,12-14H2,1H3,(H,22,25)(H,23,26). The zero-order valence-electron chi connectivity index (χ0n) is 15.1. The van der Waals surface area contributed by atoms with Gasteiger partial charge in [-0.1, -0.05) is 36.4 Å². The van der Waals surface area contributed by atoms with Crippen molar-refractivity contribution in [1.82, 2.24) is 15.6 Å². The van der Waals surface area contributed by atoms with Crippen LogP contribution < -0.4 is 10.6 Å². The van der Waals surface area contributed by atoms with Crippen molar-refractivity contribution in [3.8, 4) is 11.5 Å². The quantitative estimate of drug-likeness (QED) is 0.632. The second-order valence-electron chi connectivity index (χ2n) is 6.04. The summed E-state index contributed by atoms with van der Waals surface area (Å²) in [6.07, 6.45) is 0.134. The van der Waals surface area contributed by atoms with Gasteiger partial charge in [-0.15, -0.1) is 0 Å². The molecule has 0 aliphatic carbocycles. The third-order valence-electron chi connectivity index (χ3n) is 4.01. The van der Waals surface area contributed by atoms with Crippen LogP contribution in [0.25, 0.3) is 11.5 Å².